The summed E-state index contributed by atoms with van der Waals surface area (Å²) in [6.45, 7) is 8.16. The second-order valence-corrected chi connectivity index (χ2v) is 3.98. The number of hydrogen-bond donors (Lipinski definition) is 2. The van der Waals surface area contributed by atoms with Crippen LogP contribution in [0.5, 0.6) is 0 Å². The van der Waals surface area contributed by atoms with Gasteiger partial charge in [-0.25, -0.2) is 0 Å². The Bertz CT molecular complexity index is 207. The van der Waals surface area contributed by atoms with Gasteiger partial charge in [0.05, 0.1) is 6.04 Å². The van der Waals surface area contributed by atoms with Gasteiger partial charge in [0.1, 0.15) is 0 Å². The predicted molar refractivity (Wildman–Crippen MR) is 66.8 cm³/mol. The van der Waals surface area contributed by atoms with Crippen LogP contribution >= 0.6 is 0 Å². The van der Waals surface area contributed by atoms with Crippen LogP contribution in [-0.2, 0) is 4.79 Å². The first-order valence-electron chi connectivity index (χ1n) is 6.08. The Morgan fingerprint density at radius 1 is 1.38 bits per heavy atom. The van der Waals surface area contributed by atoms with Gasteiger partial charge in [-0.15, -0.1) is 0 Å². The van der Waals surface area contributed by atoms with Crippen molar-refractivity contribution in [1.82, 2.24) is 5.32 Å². The van der Waals surface area contributed by atoms with E-state index in [-0.39, 0.29) is 11.9 Å². The zero-order chi connectivity index (χ0) is 12.4. The van der Waals surface area contributed by atoms with E-state index in [1.165, 1.54) is 0 Å². The van der Waals surface area contributed by atoms with Crippen LogP contribution in [0.15, 0.2) is 4.99 Å². The molecule has 0 unspecified atom stereocenters. The Labute approximate surface area is 98.2 Å². The van der Waals surface area contributed by atoms with Crippen LogP contribution in [0.1, 0.15) is 46.0 Å². The Morgan fingerprint density at radius 2 is 2.00 bits per heavy atom. The Hall–Kier alpha value is -0.900. The standard InChI is InChI=1S/C12H24N2O2/c1-4-6-8-10(13-3)11(15)12(16)14-9-7-5-2/h10-11,15H,3-9H2,1-2H3,(H,14,16)/t10-,11-/m0/s1. The van der Waals surface area contributed by atoms with Gasteiger partial charge in [-0.2, -0.15) is 0 Å². The molecule has 0 aromatic rings. The molecule has 4 nitrogen and oxygen atoms in total. The van der Waals surface area contributed by atoms with Crippen LogP contribution in [-0.4, -0.2) is 36.4 Å². The lowest BCUT2D eigenvalue weighted by Crippen LogP contribution is -2.41. The first-order valence-corrected chi connectivity index (χ1v) is 6.08. The summed E-state index contributed by atoms with van der Waals surface area (Å²) in [5.74, 6) is -0.332. The first kappa shape index (κ1) is 15.1. The molecule has 1 amide bonds. The molecule has 0 bridgehead atoms. The summed E-state index contributed by atoms with van der Waals surface area (Å²) in [7, 11) is 0. The number of carbonyl (C=O) groups is 1. The van der Waals surface area contributed by atoms with Crippen LogP contribution in [0, 0.1) is 0 Å². The SMILES string of the molecule is C=N[C@@H](CCCC)[C@H](O)C(=O)NCCCC. The van der Waals surface area contributed by atoms with Crippen LogP contribution < -0.4 is 5.32 Å². The van der Waals surface area contributed by atoms with Crippen LogP contribution in [0.2, 0.25) is 0 Å². The zero-order valence-corrected chi connectivity index (χ0v) is 10.4. The maximum Gasteiger partial charge on any atom is 0.251 e. The van der Waals surface area contributed by atoms with Crippen molar-refractivity contribution in [2.75, 3.05) is 6.54 Å². The molecule has 0 aliphatic carbocycles. The Balaban J connectivity index is 4.00. The highest BCUT2D eigenvalue weighted by Gasteiger charge is 2.23. The smallest absolute Gasteiger partial charge is 0.251 e. The van der Waals surface area contributed by atoms with E-state index in [1.54, 1.807) is 0 Å². The molecule has 0 fully saturated rings. The third-order valence-corrected chi connectivity index (χ3v) is 2.55. The average Bonchev–Trinajstić information content (AvgIpc) is 2.30. The molecule has 0 radical (unpaired) electrons. The van der Waals surface area contributed by atoms with E-state index < -0.39 is 6.10 Å². The maximum absolute atomic E-state index is 11.5. The number of carbonyl (C=O) groups excluding carboxylic acids is 1. The highest BCUT2D eigenvalue weighted by molar-refractivity contribution is 5.81. The van der Waals surface area contributed by atoms with Crippen molar-refractivity contribution in [3.63, 3.8) is 0 Å². The molecule has 2 N–H and O–H groups in total. The van der Waals surface area contributed by atoms with E-state index in [1.807, 2.05) is 0 Å². The van der Waals surface area contributed by atoms with Crippen LogP contribution in [0.4, 0.5) is 0 Å². The van der Waals surface area contributed by atoms with Gasteiger partial charge in [-0.1, -0.05) is 33.1 Å². The van der Waals surface area contributed by atoms with Crippen LogP contribution in [0.25, 0.3) is 0 Å². The fourth-order valence-corrected chi connectivity index (χ4v) is 1.43. The first-order chi connectivity index (χ1) is 7.67. The highest BCUT2D eigenvalue weighted by atomic mass is 16.3. The minimum atomic E-state index is -1.05. The monoisotopic (exact) mass is 228 g/mol. The number of amides is 1. The van der Waals surface area contributed by atoms with E-state index >= 15 is 0 Å². The summed E-state index contributed by atoms with van der Waals surface area (Å²) in [6, 6.07) is -0.374. The lowest BCUT2D eigenvalue weighted by atomic mass is 10.0. The number of aliphatic imine (C=N–C) groups is 1. The van der Waals surface area contributed by atoms with Crippen molar-refractivity contribution in [3.8, 4) is 0 Å². The molecule has 0 aliphatic rings. The second kappa shape index (κ2) is 9.33. The molecular formula is C12H24N2O2. The minimum Gasteiger partial charge on any atom is -0.381 e. The zero-order valence-electron chi connectivity index (χ0n) is 10.4. The number of rotatable bonds is 9. The van der Waals surface area contributed by atoms with Crippen molar-refractivity contribution in [3.05, 3.63) is 0 Å². The van der Waals surface area contributed by atoms with Gasteiger partial charge in [0.25, 0.3) is 5.91 Å². The molecule has 94 valence electrons. The van der Waals surface area contributed by atoms with Gasteiger partial charge in [-0.3, -0.25) is 9.79 Å². The van der Waals surface area contributed by atoms with Crippen LogP contribution in [0.3, 0.4) is 0 Å². The molecule has 0 aliphatic heterocycles. The molecule has 2 atom stereocenters. The number of unbranched alkanes of at least 4 members (excludes halogenated alkanes) is 2. The average molecular weight is 228 g/mol. The number of nitrogens with one attached hydrogen (secondary N) is 1. The Morgan fingerprint density at radius 3 is 2.50 bits per heavy atom. The van der Waals surface area contributed by atoms with Gasteiger partial charge < -0.3 is 10.4 Å². The topological polar surface area (TPSA) is 61.7 Å². The van der Waals surface area contributed by atoms with Crippen molar-refractivity contribution in [2.45, 2.75) is 58.1 Å². The van der Waals surface area contributed by atoms with Crippen molar-refractivity contribution in [2.24, 2.45) is 4.99 Å². The molecule has 0 spiro atoms. The van der Waals surface area contributed by atoms with Gasteiger partial charge in [0, 0.05) is 6.54 Å². The number of aliphatic hydroxyl groups is 1. The molecule has 16 heavy (non-hydrogen) atoms. The summed E-state index contributed by atoms with van der Waals surface area (Å²) in [5.41, 5.74) is 0. The third kappa shape index (κ3) is 5.85. The van der Waals surface area contributed by atoms with E-state index in [9.17, 15) is 9.90 Å². The fraction of sp³-hybridized carbons (Fsp3) is 0.833. The van der Waals surface area contributed by atoms with Gasteiger partial charge in [-0.05, 0) is 19.6 Å². The largest absolute Gasteiger partial charge is 0.381 e. The van der Waals surface area contributed by atoms with E-state index in [4.69, 9.17) is 0 Å². The predicted octanol–water partition coefficient (Wildman–Crippen LogP) is 1.52. The molecular weight excluding hydrogens is 204 g/mol. The summed E-state index contributed by atoms with van der Waals surface area (Å²) >= 11 is 0. The van der Waals surface area contributed by atoms with E-state index in [2.05, 4.69) is 30.9 Å². The molecule has 0 saturated carbocycles. The molecule has 0 heterocycles. The van der Waals surface area contributed by atoms with E-state index in [0.29, 0.717) is 13.0 Å². The van der Waals surface area contributed by atoms with Crippen molar-refractivity contribution >= 4 is 12.6 Å². The maximum atomic E-state index is 11.5. The molecule has 0 aromatic carbocycles. The fourth-order valence-electron chi connectivity index (χ4n) is 1.43. The van der Waals surface area contributed by atoms with Gasteiger partial charge in [0.15, 0.2) is 6.10 Å². The second-order valence-electron chi connectivity index (χ2n) is 3.98. The molecule has 4 heteroatoms. The molecule has 0 rings (SSSR count). The number of nitrogens with zero attached hydrogens (tertiary/aromatic N) is 1. The summed E-state index contributed by atoms with van der Waals surface area (Å²) in [5, 5.41) is 12.5. The summed E-state index contributed by atoms with van der Waals surface area (Å²) < 4.78 is 0. The lowest BCUT2D eigenvalue weighted by molar-refractivity contribution is -0.130. The quantitative estimate of drug-likeness (QED) is 0.464. The lowest BCUT2D eigenvalue weighted by Gasteiger charge is -2.18. The minimum absolute atomic E-state index is 0.332. The van der Waals surface area contributed by atoms with Gasteiger partial charge in [0.2, 0.25) is 0 Å². The number of hydrogen-bond acceptors (Lipinski definition) is 3. The normalized spacial score (nSPS) is 14.2. The van der Waals surface area contributed by atoms with Crippen molar-refractivity contribution in [1.29, 1.82) is 0 Å². The number of aliphatic hydroxyl groups excluding tert-OH is 1. The Kier molecular flexibility index (Phi) is 8.81. The molecule has 0 saturated heterocycles. The third-order valence-electron chi connectivity index (χ3n) is 2.55. The molecule has 0 aromatic heterocycles. The van der Waals surface area contributed by atoms with Crippen molar-refractivity contribution < 1.29 is 9.90 Å². The summed E-state index contributed by atoms with van der Waals surface area (Å²) in [6.07, 6.45) is 3.58. The summed E-state index contributed by atoms with van der Waals surface area (Å²) in [4.78, 5) is 15.3. The van der Waals surface area contributed by atoms with Gasteiger partial charge >= 0.3 is 0 Å². The highest BCUT2D eigenvalue weighted by Crippen LogP contribution is 2.09. The van der Waals surface area contributed by atoms with E-state index in [0.717, 1.165) is 25.7 Å².